The van der Waals surface area contributed by atoms with Crippen molar-refractivity contribution in [2.24, 2.45) is 35.5 Å². The van der Waals surface area contributed by atoms with E-state index < -0.39 is 0 Å². The van der Waals surface area contributed by atoms with Crippen molar-refractivity contribution in [2.45, 2.75) is 25.7 Å². The van der Waals surface area contributed by atoms with Crippen LogP contribution in [-0.2, 0) is 11.2 Å². The van der Waals surface area contributed by atoms with Crippen LogP contribution < -0.4 is 4.74 Å². The second-order valence-electron chi connectivity index (χ2n) is 8.70. The average molecular weight is 346 g/mol. The first-order chi connectivity index (χ1) is 12.8. The van der Waals surface area contributed by atoms with Crippen LogP contribution in [-0.4, -0.2) is 14.2 Å². The molecule has 5 aliphatic carbocycles. The highest BCUT2D eigenvalue weighted by Crippen LogP contribution is 2.65. The number of benzene rings is 1. The Morgan fingerprint density at radius 3 is 2.73 bits per heavy atom. The lowest BCUT2D eigenvalue weighted by Crippen LogP contribution is -2.32. The summed E-state index contributed by atoms with van der Waals surface area (Å²) >= 11 is 0. The number of fused-ring (bicyclic) bond motifs is 11. The van der Waals surface area contributed by atoms with E-state index in [4.69, 9.17) is 9.47 Å². The number of aryl methyl sites for hydroxylation is 1. The molecule has 6 rings (SSSR count). The molecule has 0 spiro atoms. The topological polar surface area (TPSA) is 18.5 Å². The molecule has 0 N–H and O–H groups in total. The van der Waals surface area contributed by atoms with Crippen molar-refractivity contribution in [3.05, 3.63) is 58.9 Å². The first-order valence-electron chi connectivity index (χ1n) is 10.1. The van der Waals surface area contributed by atoms with Crippen molar-refractivity contribution in [1.82, 2.24) is 0 Å². The van der Waals surface area contributed by atoms with Crippen molar-refractivity contribution in [3.8, 4) is 5.75 Å². The average Bonchev–Trinajstić information content (AvgIpc) is 3.37. The minimum atomic E-state index is 0.653. The number of allylic oxidation sites excluding steroid dienone is 6. The van der Waals surface area contributed by atoms with Gasteiger partial charge in [0, 0.05) is 5.92 Å². The van der Waals surface area contributed by atoms with Gasteiger partial charge in [0.25, 0.3) is 0 Å². The summed E-state index contributed by atoms with van der Waals surface area (Å²) in [6, 6.07) is 6.67. The molecule has 26 heavy (non-hydrogen) atoms. The predicted molar refractivity (Wildman–Crippen MR) is 103 cm³/mol. The predicted octanol–water partition coefficient (Wildman–Crippen LogP) is 5.01. The van der Waals surface area contributed by atoms with Gasteiger partial charge in [-0.15, -0.1) is 0 Å². The van der Waals surface area contributed by atoms with E-state index in [1.54, 1.807) is 18.3 Å². The summed E-state index contributed by atoms with van der Waals surface area (Å²) in [4.78, 5) is 0. The van der Waals surface area contributed by atoms with Crippen molar-refractivity contribution < 1.29 is 9.47 Å². The summed E-state index contributed by atoms with van der Waals surface area (Å²) in [6.45, 7) is 0. The molecule has 0 saturated heterocycles. The Kier molecular flexibility index (Phi) is 3.07. The molecule has 0 aliphatic heterocycles. The van der Waals surface area contributed by atoms with Gasteiger partial charge in [0.1, 0.15) is 5.75 Å². The smallest absolute Gasteiger partial charge is 0.119 e. The summed E-state index contributed by atoms with van der Waals surface area (Å²) < 4.78 is 11.5. The summed E-state index contributed by atoms with van der Waals surface area (Å²) in [5.74, 6) is 6.64. The van der Waals surface area contributed by atoms with Gasteiger partial charge < -0.3 is 9.47 Å². The van der Waals surface area contributed by atoms with Crippen LogP contribution in [0.25, 0.3) is 5.57 Å². The van der Waals surface area contributed by atoms with Gasteiger partial charge in [-0.25, -0.2) is 0 Å². The zero-order valence-corrected chi connectivity index (χ0v) is 15.6. The zero-order chi connectivity index (χ0) is 17.4. The summed E-state index contributed by atoms with van der Waals surface area (Å²) in [6.07, 6.45) is 12.4. The maximum absolute atomic E-state index is 6.03. The highest BCUT2D eigenvalue weighted by Gasteiger charge is 2.58. The molecule has 1 aromatic rings. The monoisotopic (exact) mass is 346 g/mol. The fourth-order valence-corrected chi connectivity index (χ4v) is 7.05. The molecule has 5 aliphatic rings. The van der Waals surface area contributed by atoms with Gasteiger partial charge in [-0.2, -0.15) is 0 Å². The molecule has 0 aromatic heterocycles. The molecule has 6 atom stereocenters. The van der Waals surface area contributed by atoms with E-state index in [0.717, 1.165) is 29.9 Å². The Morgan fingerprint density at radius 1 is 1.00 bits per heavy atom. The molecule has 0 heterocycles. The number of methoxy groups -OCH3 is 2. The molecule has 2 heteroatoms. The zero-order valence-electron chi connectivity index (χ0n) is 15.6. The van der Waals surface area contributed by atoms with Crippen molar-refractivity contribution in [1.29, 1.82) is 0 Å². The van der Waals surface area contributed by atoms with Crippen LogP contribution in [0.3, 0.4) is 0 Å². The van der Waals surface area contributed by atoms with Crippen molar-refractivity contribution in [2.75, 3.05) is 14.2 Å². The van der Waals surface area contributed by atoms with Crippen LogP contribution in [0.4, 0.5) is 0 Å². The molecular weight excluding hydrogens is 320 g/mol. The highest BCUT2D eigenvalue weighted by atomic mass is 16.5. The minimum Gasteiger partial charge on any atom is -0.501 e. The number of hydrogen-bond donors (Lipinski definition) is 0. The second kappa shape index (κ2) is 5.28. The summed E-state index contributed by atoms with van der Waals surface area (Å²) in [7, 11) is 3.66. The summed E-state index contributed by atoms with van der Waals surface area (Å²) in [5, 5.41) is 0. The number of ether oxygens (including phenoxy) is 2. The lowest BCUT2D eigenvalue weighted by molar-refractivity contribution is 0.191. The maximum atomic E-state index is 6.03. The molecule has 1 saturated carbocycles. The molecule has 2 nitrogen and oxygen atoms in total. The van der Waals surface area contributed by atoms with Crippen LogP contribution in [0.1, 0.15) is 30.4 Å². The number of hydrogen-bond acceptors (Lipinski definition) is 2. The van der Waals surface area contributed by atoms with E-state index >= 15 is 0 Å². The van der Waals surface area contributed by atoms with Crippen LogP contribution in [0, 0.1) is 35.5 Å². The van der Waals surface area contributed by atoms with Gasteiger partial charge in [0.15, 0.2) is 0 Å². The molecule has 2 bridgehead atoms. The van der Waals surface area contributed by atoms with E-state index in [-0.39, 0.29) is 0 Å². The van der Waals surface area contributed by atoms with Gasteiger partial charge in [-0.3, -0.25) is 0 Å². The lowest BCUT2D eigenvalue weighted by atomic mass is 9.63. The molecule has 2 unspecified atom stereocenters. The van der Waals surface area contributed by atoms with Crippen molar-refractivity contribution >= 4 is 5.57 Å². The van der Waals surface area contributed by atoms with Crippen LogP contribution in [0.2, 0.25) is 0 Å². The molecule has 0 amide bonds. The van der Waals surface area contributed by atoms with E-state index in [0.29, 0.717) is 17.8 Å². The molecule has 1 aromatic carbocycles. The standard InChI is InChI=1S/C24H26O2/c1-25-16-6-8-17-13(12-16)5-7-19-18(17)9-10-20-23(19)21-14-3-4-15(11-14)22(21)24(20)26-2/h3-4,6,8-9,12,14-15,19,21-23H,5,7,10-11H2,1-2H3/t14-,15+,19+,21?,22?,23-/m0/s1. The fraction of sp³-hybridized carbons (Fsp3) is 0.500. The van der Waals surface area contributed by atoms with Gasteiger partial charge >= 0.3 is 0 Å². The quantitative estimate of drug-likeness (QED) is 0.701. The van der Waals surface area contributed by atoms with Gasteiger partial charge in [0.2, 0.25) is 0 Å². The largest absolute Gasteiger partial charge is 0.501 e. The van der Waals surface area contributed by atoms with Gasteiger partial charge in [0.05, 0.1) is 20.0 Å². The highest BCUT2D eigenvalue weighted by molar-refractivity contribution is 5.75. The fourth-order valence-electron chi connectivity index (χ4n) is 7.05. The first kappa shape index (κ1) is 15.1. The summed E-state index contributed by atoms with van der Waals surface area (Å²) in [5.41, 5.74) is 6.17. The molecule has 1 fully saturated rings. The maximum Gasteiger partial charge on any atom is 0.119 e. The van der Waals surface area contributed by atoms with E-state index in [9.17, 15) is 0 Å². The van der Waals surface area contributed by atoms with Gasteiger partial charge in [-0.05, 0) is 89.7 Å². The van der Waals surface area contributed by atoms with Gasteiger partial charge in [-0.1, -0.05) is 24.3 Å². The first-order valence-corrected chi connectivity index (χ1v) is 10.1. The van der Waals surface area contributed by atoms with Crippen LogP contribution in [0.5, 0.6) is 5.75 Å². The minimum absolute atomic E-state index is 0.653. The van der Waals surface area contributed by atoms with E-state index in [1.165, 1.54) is 36.1 Å². The Labute approximate surface area is 155 Å². The van der Waals surface area contributed by atoms with E-state index in [1.807, 2.05) is 7.11 Å². The molecule has 0 radical (unpaired) electrons. The SMILES string of the molecule is COC1=C2CC=C3c4ccc(OC)cc4CC[C@H]3[C@@H]2C2C1[C@@H]1C=C[C@H]2C1. The normalized spacial score (nSPS) is 38.5. The Balaban J connectivity index is 1.45. The Hall–Kier alpha value is -1.96. The third-order valence-electron chi connectivity index (χ3n) is 7.90. The third kappa shape index (κ3) is 1.78. The molecule has 134 valence electrons. The third-order valence-corrected chi connectivity index (χ3v) is 7.90. The van der Waals surface area contributed by atoms with Crippen LogP contribution >= 0.6 is 0 Å². The lowest BCUT2D eigenvalue weighted by Gasteiger charge is -2.40. The van der Waals surface area contributed by atoms with Crippen molar-refractivity contribution in [3.63, 3.8) is 0 Å². The Bertz CT molecular complexity index is 874. The second-order valence-corrected chi connectivity index (χ2v) is 8.70. The van der Waals surface area contributed by atoms with Crippen LogP contribution in [0.15, 0.2) is 47.8 Å². The van der Waals surface area contributed by atoms with E-state index in [2.05, 4.69) is 36.4 Å². The number of rotatable bonds is 2. The molecular formula is C24H26O2. The Morgan fingerprint density at radius 2 is 1.88 bits per heavy atom.